The van der Waals surface area contributed by atoms with Crippen molar-refractivity contribution >= 4 is 33.3 Å². The third kappa shape index (κ3) is 4.28. The van der Waals surface area contributed by atoms with E-state index in [1.54, 1.807) is 40.5 Å². The maximum absolute atomic E-state index is 12.7. The van der Waals surface area contributed by atoms with Crippen LogP contribution < -0.4 is 4.72 Å². The lowest BCUT2D eigenvalue weighted by Gasteiger charge is -2.13. The van der Waals surface area contributed by atoms with Gasteiger partial charge in [0.2, 0.25) is 0 Å². The van der Waals surface area contributed by atoms with Crippen molar-refractivity contribution in [2.45, 2.75) is 48.9 Å². The molecule has 0 saturated heterocycles. The van der Waals surface area contributed by atoms with Gasteiger partial charge in [0, 0.05) is 21.8 Å². The largest absolute Gasteiger partial charge is 0.280 e. The normalized spacial score (nSPS) is 11.7. The number of aromatic nitrogens is 4. The van der Waals surface area contributed by atoms with E-state index in [2.05, 4.69) is 26.7 Å². The van der Waals surface area contributed by atoms with Crippen molar-refractivity contribution in [1.29, 1.82) is 0 Å². The second-order valence-electron chi connectivity index (χ2n) is 7.28. The molecule has 2 aromatic carbocycles. The number of nitrogens with zero attached hydrogens (tertiary/aromatic N) is 4. The molecule has 9 heteroatoms. The van der Waals surface area contributed by atoms with Crippen molar-refractivity contribution in [3.63, 3.8) is 0 Å². The summed E-state index contributed by atoms with van der Waals surface area (Å²) in [5.74, 6) is 0.565. The molecule has 0 saturated carbocycles. The fourth-order valence-corrected chi connectivity index (χ4v) is 5.53. The number of sulfonamides is 1. The summed E-state index contributed by atoms with van der Waals surface area (Å²) in [7, 11) is -3.65. The number of hydrogen-bond acceptors (Lipinski definition) is 6. The van der Waals surface area contributed by atoms with Crippen molar-refractivity contribution in [1.82, 2.24) is 19.6 Å². The third-order valence-electron chi connectivity index (χ3n) is 5.15. The molecule has 2 heterocycles. The molecule has 2 aromatic heterocycles. The topological polar surface area (TPSA) is 89.2 Å². The molecule has 0 aliphatic rings. The summed E-state index contributed by atoms with van der Waals surface area (Å²) in [6, 6.07) is 12.4. The first-order valence-corrected chi connectivity index (χ1v) is 12.2. The van der Waals surface area contributed by atoms with Crippen LogP contribution >= 0.6 is 11.8 Å². The summed E-state index contributed by atoms with van der Waals surface area (Å²) >= 11 is 1.56. The molecule has 4 aromatic rings. The van der Waals surface area contributed by atoms with E-state index >= 15 is 0 Å². The Balaban J connectivity index is 1.59. The molecule has 160 valence electrons. The molecule has 0 radical (unpaired) electrons. The molecule has 0 aliphatic heterocycles. The Morgan fingerprint density at radius 3 is 2.45 bits per heavy atom. The molecule has 0 bridgehead atoms. The maximum Gasteiger partial charge on any atom is 0.261 e. The van der Waals surface area contributed by atoms with E-state index in [1.165, 1.54) is 6.33 Å². The van der Waals surface area contributed by atoms with Crippen LogP contribution in [0.4, 0.5) is 5.69 Å². The lowest BCUT2D eigenvalue weighted by molar-refractivity contribution is 0.601. The Kier molecular flexibility index (Phi) is 5.72. The van der Waals surface area contributed by atoms with E-state index in [1.807, 2.05) is 39.0 Å². The summed E-state index contributed by atoms with van der Waals surface area (Å²) in [6.45, 7) is 7.92. The minimum Gasteiger partial charge on any atom is -0.280 e. The van der Waals surface area contributed by atoms with Crippen LogP contribution in [0, 0.1) is 20.8 Å². The average molecular weight is 454 g/mol. The number of rotatable bonds is 6. The van der Waals surface area contributed by atoms with Gasteiger partial charge in [-0.15, -0.1) is 0 Å². The van der Waals surface area contributed by atoms with Crippen LogP contribution in [0.3, 0.4) is 0 Å². The molecule has 0 fully saturated rings. The zero-order chi connectivity index (χ0) is 22.2. The van der Waals surface area contributed by atoms with E-state index in [9.17, 15) is 8.42 Å². The molecular formula is C22H23N5O2S2. The molecule has 0 unspecified atom stereocenters. The number of hydrogen-bond donors (Lipinski definition) is 1. The van der Waals surface area contributed by atoms with E-state index < -0.39 is 10.0 Å². The minimum absolute atomic E-state index is 0.252. The van der Waals surface area contributed by atoms with Crippen molar-refractivity contribution in [3.8, 4) is 0 Å². The predicted octanol–water partition coefficient (Wildman–Crippen LogP) is 4.56. The van der Waals surface area contributed by atoms with Crippen LogP contribution in [0.15, 0.2) is 63.6 Å². The van der Waals surface area contributed by atoms with Crippen LogP contribution in [-0.4, -0.2) is 28.0 Å². The smallest absolute Gasteiger partial charge is 0.261 e. The molecule has 0 amide bonds. The fraction of sp³-hybridized carbons (Fsp3) is 0.227. The zero-order valence-corrected chi connectivity index (χ0v) is 19.4. The first kappa shape index (κ1) is 21.3. The summed E-state index contributed by atoms with van der Waals surface area (Å²) in [5, 5.41) is 5.27. The zero-order valence-electron chi connectivity index (χ0n) is 17.7. The highest BCUT2D eigenvalue weighted by Crippen LogP contribution is 2.32. The van der Waals surface area contributed by atoms with E-state index in [0.29, 0.717) is 11.5 Å². The Morgan fingerprint density at radius 2 is 1.77 bits per heavy atom. The molecule has 0 atom stereocenters. The molecule has 0 aliphatic carbocycles. The monoisotopic (exact) mass is 453 g/mol. The second kappa shape index (κ2) is 8.32. The van der Waals surface area contributed by atoms with Crippen molar-refractivity contribution in [2.24, 2.45) is 0 Å². The van der Waals surface area contributed by atoms with Crippen LogP contribution in [-0.2, 0) is 16.4 Å². The van der Waals surface area contributed by atoms with Crippen molar-refractivity contribution in [3.05, 3.63) is 71.2 Å². The second-order valence-corrected chi connectivity index (χ2v) is 10.0. The lowest BCUT2D eigenvalue weighted by Crippen LogP contribution is -2.13. The van der Waals surface area contributed by atoms with Gasteiger partial charge in [0.25, 0.3) is 15.8 Å². The number of anilines is 1. The summed E-state index contributed by atoms with van der Waals surface area (Å²) < 4.78 is 29.9. The number of benzene rings is 2. The SMILES string of the molecule is CCc1c(C)nc2ncnn2c1Sc1ccc(NS(=O)(=O)c2ccc(C)c(C)c2)cc1. The summed E-state index contributed by atoms with van der Waals surface area (Å²) in [5.41, 5.74) is 4.55. The van der Waals surface area contributed by atoms with Gasteiger partial charge in [0.15, 0.2) is 0 Å². The van der Waals surface area contributed by atoms with Crippen LogP contribution in [0.5, 0.6) is 0 Å². The lowest BCUT2D eigenvalue weighted by atomic mass is 10.1. The van der Waals surface area contributed by atoms with Gasteiger partial charge in [-0.2, -0.15) is 14.6 Å². The average Bonchev–Trinajstić information content (AvgIpc) is 3.19. The molecule has 4 rings (SSSR count). The minimum atomic E-state index is -3.65. The first-order chi connectivity index (χ1) is 14.8. The highest BCUT2D eigenvalue weighted by molar-refractivity contribution is 7.99. The Hall–Kier alpha value is -2.91. The predicted molar refractivity (Wildman–Crippen MR) is 122 cm³/mol. The van der Waals surface area contributed by atoms with Gasteiger partial charge >= 0.3 is 0 Å². The highest BCUT2D eigenvalue weighted by Gasteiger charge is 2.16. The van der Waals surface area contributed by atoms with Crippen LogP contribution in [0.2, 0.25) is 0 Å². The number of nitrogens with one attached hydrogen (secondary N) is 1. The molecule has 7 nitrogen and oxygen atoms in total. The summed E-state index contributed by atoms with van der Waals surface area (Å²) in [4.78, 5) is 9.92. The van der Waals surface area contributed by atoms with Gasteiger partial charge in [-0.05, 0) is 74.7 Å². The molecular weight excluding hydrogens is 430 g/mol. The van der Waals surface area contributed by atoms with E-state index in [-0.39, 0.29) is 4.90 Å². The quantitative estimate of drug-likeness (QED) is 0.430. The first-order valence-electron chi connectivity index (χ1n) is 9.85. The van der Waals surface area contributed by atoms with Crippen molar-refractivity contribution < 1.29 is 8.42 Å². The van der Waals surface area contributed by atoms with Crippen LogP contribution in [0.1, 0.15) is 29.3 Å². The maximum atomic E-state index is 12.7. The van der Waals surface area contributed by atoms with Gasteiger partial charge in [-0.3, -0.25) is 4.72 Å². The summed E-state index contributed by atoms with van der Waals surface area (Å²) in [6.07, 6.45) is 2.32. The van der Waals surface area contributed by atoms with Crippen molar-refractivity contribution in [2.75, 3.05) is 4.72 Å². The number of aryl methyl sites for hydroxylation is 3. The van der Waals surface area contributed by atoms with Gasteiger partial charge in [-0.1, -0.05) is 24.8 Å². The number of fused-ring (bicyclic) bond motifs is 1. The molecule has 1 N–H and O–H groups in total. The Labute approximate surface area is 186 Å². The standard InChI is InChI=1S/C22H23N5O2S2/c1-5-20-16(4)25-22-23-13-24-27(22)21(20)30-18-9-7-17(8-10-18)26-31(28,29)19-11-6-14(2)15(3)12-19/h6-13,26H,5H2,1-4H3. The molecule has 31 heavy (non-hydrogen) atoms. The van der Waals surface area contributed by atoms with Gasteiger partial charge < -0.3 is 0 Å². The third-order valence-corrected chi connectivity index (χ3v) is 7.65. The fourth-order valence-electron chi connectivity index (χ4n) is 3.26. The van der Waals surface area contributed by atoms with E-state index in [4.69, 9.17) is 0 Å². The Morgan fingerprint density at radius 1 is 1.03 bits per heavy atom. The van der Waals surface area contributed by atoms with Crippen LogP contribution in [0.25, 0.3) is 5.78 Å². The van der Waals surface area contributed by atoms with Gasteiger partial charge in [-0.25, -0.2) is 13.4 Å². The Bertz CT molecular complexity index is 1360. The van der Waals surface area contributed by atoms with Gasteiger partial charge in [0.05, 0.1) is 4.90 Å². The molecule has 0 spiro atoms. The van der Waals surface area contributed by atoms with E-state index in [0.717, 1.165) is 38.7 Å². The highest BCUT2D eigenvalue weighted by atomic mass is 32.2. The van der Waals surface area contributed by atoms with Gasteiger partial charge in [0.1, 0.15) is 11.4 Å².